The van der Waals surface area contributed by atoms with Crippen molar-refractivity contribution in [3.05, 3.63) is 101 Å². The zero-order valence-corrected chi connectivity index (χ0v) is 16.5. The van der Waals surface area contributed by atoms with Crippen molar-refractivity contribution in [1.82, 2.24) is 5.32 Å². The minimum absolute atomic E-state index is 0.168. The van der Waals surface area contributed by atoms with Gasteiger partial charge in [-0.15, -0.1) is 0 Å². The fourth-order valence-corrected chi connectivity index (χ4v) is 2.93. The highest BCUT2D eigenvalue weighted by Crippen LogP contribution is 2.16. The molecule has 0 unspecified atom stereocenters. The minimum atomic E-state index is -1.09. The van der Waals surface area contributed by atoms with Gasteiger partial charge < -0.3 is 20.9 Å². The molecule has 1 atom stereocenters. The molecule has 0 aromatic heterocycles. The van der Waals surface area contributed by atoms with Crippen LogP contribution in [0, 0.1) is 0 Å². The van der Waals surface area contributed by atoms with Crippen molar-refractivity contribution < 1.29 is 19.4 Å². The van der Waals surface area contributed by atoms with Crippen LogP contribution in [0.1, 0.15) is 27.0 Å². The van der Waals surface area contributed by atoms with Crippen LogP contribution in [0.3, 0.4) is 0 Å². The first kappa shape index (κ1) is 21.1. The molecule has 0 fully saturated rings. The largest absolute Gasteiger partial charge is 0.489 e. The van der Waals surface area contributed by atoms with Crippen molar-refractivity contribution >= 4 is 11.9 Å². The average molecular weight is 404 g/mol. The Hall–Kier alpha value is -3.64. The molecule has 0 aliphatic rings. The Bertz CT molecular complexity index is 970. The van der Waals surface area contributed by atoms with Crippen LogP contribution in [0.5, 0.6) is 5.75 Å². The highest BCUT2D eigenvalue weighted by molar-refractivity contribution is 5.96. The van der Waals surface area contributed by atoms with E-state index in [0.29, 0.717) is 24.5 Å². The van der Waals surface area contributed by atoms with Gasteiger partial charge >= 0.3 is 5.97 Å². The first-order valence-corrected chi connectivity index (χ1v) is 9.63. The Morgan fingerprint density at radius 1 is 0.867 bits per heavy atom. The number of benzene rings is 3. The number of amides is 1. The first-order chi connectivity index (χ1) is 14.5. The molecular weight excluding hydrogens is 380 g/mol. The van der Waals surface area contributed by atoms with Crippen LogP contribution in [-0.2, 0) is 24.4 Å². The Morgan fingerprint density at radius 3 is 2.10 bits per heavy atom. The van der Waals surface area contributed by atoms with Gasteiger partial charge in [0.1, 0.15) is 18.4 Å². The summed E-state index contributed by atoms with van der Waals surface area (Å²) in [5.74, 6) is -0.835. The van der Waals surface area contributed by atoms with Gasteiger partial charge in [0.05, 0.1) is 0 Å². The third kappa shape index (κ3) is 5.93. The molecule has 3 aromatic carbocycles. The Labute approximate surface area is 175 Å². The summed E-state index contributed by atoms with van der Waals surface area (Å²) in [6.45, 7) is 0.835. The Kier molecular flexibility index (Phi) is 7.19. The molecule has 0 bridgehead atoms. The highest BCUT2D eigenvalue weighted by atomic mass is 16.5. The molecule has 6 nitrogen and oxygen atoms in total. The van der Waals surface area contributed by atoms with Gasteiger partial charge in [0, 0.05) is 18.5 Å². The maximum Gasteiger partial charge on any atom is 0.326 e. The number of hydrogen-bond acceptors (Lipinski definition) is 4. The van der Waals surface area contributed by atoms with E-state index in [1.165, 1.54) is 0 Å². The molecule has 0 aliphatic heterocycles. The monoisotopic (exact) mass is 404 g/mol. The number of hydrogen-bond donors (Lipinski definition) is 3. The number of ether oxygens (including phenoxy) is 1. The lowest BCUT2D eigenvalue weighted by atomic mass is 10.0. The van der Waals surface area contributed by atoms with Gasteiger partial charge in [-0.05, 0) is 41.0 Å². The number of nitrogens with one attached hydrogen (secondary N) is 1. The van der Waals surface area contributed by atoms with E-state index in [9.17, 15) is 14.7 Å². The van der Waals surface area contributed by atoms with Crippen molar-refractivity contribution in [1.29, 1.82) is 0 Å². The molecule has 6 heteroatoms. The summed E-state index contributed by atoms with van der Waals surface area (Å²) >= 11 is 0. The average Bonchev–Trinajstić information content (AvgIpc) is 2.78. The van der Waals surface area contributed by atoms with E-state index < -0.39 is 17.9 Å². The lowest BCUT2D eigenvalue weighted by Gasteiger charge is -2.15. The van der Waals surface area contributed by atoms with Crippen molar-refractivity contribution in [2.45, 2.75) is 25.6 Å². The molecule has 30 heavy (non-hydrogen) atoms. The number of rotatable bonds is 9. The Balaban J connectivity index is 1.58. The lowest BCUT2D eigenvalue weighted by molar-refractivity contribution is -0.139. The third-order valence-electron chi connectivity index (χ3n) is 4.67. The van der Waals surface area contributed by atoms with E-state index in [-0.39, 0.29) is 6.42 Å². The van der Waals surface area contributed by atoms with Gasteiger partial charge in [0.15, 0.2) is 0 Å². The first-order valence-electron chi connectivity index (χ1n) is 9.63. The zero-order chi connectivity index (χ0) is 21.3. The van der Waals surface area contributed by atoms with Crippen LogP contribution in [0.2, 0.25) is 0 Å². The summed E-state index contributed by atoms with van der Waals surface area (Å²) in [4.78, 5) is 24.0. The molecule has 154 valence electrons. The second kappa shape index (κ2) is 10.2. The second-order valence-corrected chi connectivity index (χ2v) is 6.89. The van der Waals surface area contributed by atoms with Crippen LogP contribution in [-0.4, -0.2) is 23.0 Å². The number of nitrogens with two attached hydrogens (primary N) is 1. The standard InChI is InChI=1S/C24H24N2O4/c25-15-18-6-10-20(11-7-18)23(27)26-22(24(28)29)14-17-8-12-21(13-9-17)30-16-19-4-2-1-3-5-19/h1-13,22H,14-16,25H2,(H,26,27)(H,28,29)/t22-/m0/s1. The quantitative estimate of drug-likeness (QED) is 0.509. The number of carbonyl (C=O) groups is 2. The van der Waals surface area contributed by atoms with Gasteiger partial charge in [-0.25, -0.2) is 4.79 Å². The van der Waals surface area contributed by atoms with Crippen LogP contribution < -0.4 is 15.8 Å². The summed E-state index contributed by atoms with van der Waals surface area (Å²) in [6, 6.07) is 22.8. The predicted octanol–water partition coefficient (Wildman–Crippen LogP) is 3.15. The summed E-state index contributed by atoms with van der Waals surface area (Å²) in [7, 11) is 0. The van der Waals surface area contributed by atoms with E-state index in [2.05, 4.69) is 5.32 Å². The fourth-order valence-electron chi connectivity index (χ4n) is 2.93. The minimum Gasteiger partial charge on any atom is -0.489 e. The zero-order valence-electron chi connectivity index (χ0n) is 16.5. The van der Waals surface area contributed by atoms with Gasteiger partial charge in [-0.1, -0.05) is 54.6 Å². The molecule has 0 aliphatic carbocycles. The molecule has 0 heterocycles. The third-order valence-corrected chi connectivity index (χ3v) is 4.67. The summed E-state index contributed by atoms with van der Waals surface area (Å²) < 4.78 is 5.75. The van der Waals surface area contributed by atoms with Gasteiger partial charge in [0.25, 0.3) is 5.91 Å². The molecule has 4 N–H and O–H groups in total. The smallest absolute Gasteiger partial charge is 0.326 e. The predicted molar refractivity (Wildman–Crippen MR) is 114 cm³/mol. The molecule has 3 aromatic rings. The van der Waals surface area contributed by atoms with E-state index >= 15 is 0 Å². The van der Waals surface area contributed by atoms with Crippen molar-refractivity contribution in [3.8, 4) is 5.75 Å². The van der Waals surface area contributed by atoms with Gasteiger partial charge in [0.2, 0.25) is 0 Å². The van der Waals surface area contributed by atoms with Crippen LogP contribution in [0.15, 0.2) is 78.9 Å². The molecular formula is C24H24N2O4. The van der Waals surface area contributed by atoms with Gasteiger partial charge in [-0.3, -0.25) is 4.79 Å². The highest BCUT2D eigenvalue weighted by Gasteiger charge is 2.21. The number of aliphatic carboxylic acids is 1. The number of carbonyl (C=O) groups excluding carboxylic acids is 1. The molecule has 0 radical (unpaired) electrons. The molecule has 0 spiro atoms. The van der Waals surface area contributed by atoms with E-state index in [1.807, 2.05) is 30.3 Å². The molecule has 1 amide bonds. The summed E-state index contributed by atoms with van der Waals surface area (Å²) in [5, 5.41) is 12.1. The normalized spacial score (nSPS) is 11.5. The summed E-state index contributed by atoms with van der Waals surface area (Å²) in [5.41, 5.74) is 8.70. The molecule has 0 saturated carbocycles. The van der Waals surface area contributed by atoms with Crippen LogP contribution >= 0.6 is 0 Å². The maximum absolute atomic E-state index is 12.4. The second-order valence-electron chi connectivity index (χ2n) is 6.89. The van der Waals surface area contributed by atoms with E-state index in [4.69, 9.17) is 10.5 Å². The topological polar surface area (TPSA) is 102 Å². The van der Waals surface area contributed by atoms with Crippen LogP contribution in [0.4, 0.5) is 0 Å². The lowest BCUT2D eigenvalue weighted by Crippen LogP contribution is -2.42. The Morgan fingerprint density at radius 2 is 1.50 bits per heavy atom. The number of carboxylic acids is 1. The molecule has 0 saturated heterocycles. The van der Waals surface area contributed by atoms with Crippen molar-refractivity contribution in [3.63, 3.8) is 0 Å². The fraction of sp³-hybridized carbons (Fsp3) is 0.167. The van der Waals surface area contributed by atoms with E-state index in [1.54, 1.807) is 48.5 Å². The maximum atomic E-state index is 12.4. The SMILES string of the molecule is NCc1ccc(C(=O)N[C@@H](Cc2ccc(OCc3ccccc3)cc2)C(=O)O)cc1. The molecule has 3 rings (SSSR count). The van der Waals surface area contributed by atoms with Crippen molar-refractivity contribution in [2.24, 2.45) is 5.73 Å². The van der Waals surface area contributed by atoms with Gasteiger partial charge in [-0.2, -0.15) is 0 Å². The number of carboxylic acid groups (broad SMARTS) is 1. The van der Waals surface area contributed by atoms with Crippen LogP contribution in [0.25, 0.3) is 0 Å². The summed E-state index contributed by atoms with van der Waals surface area (Å²) in [6.07, 6.45) is 0.168. The van der Waals surface area contributed by atoms with Crippen molar-refractivity contribution in [2.75, 3.05) is 0 Å². The van der Waals surface area contributed by atoms with E-state index in [0.717, 1.165) is 16.7 Å².